The van der Waals surface area contributed by atoms with Crippen LogP contribution in [0.2, 0.25) is 0 Å². The molecule has 0 unspecified atom stereocenters. The van der Waals surface area contributed by atoms with Gasteiger partial charge in [0.2, 0.25) is 0 Å². The second-order valence-electron chi connectivity index (χ2n) is 5.01. The third-order valence-corrected chi connectivity index (χ3v) is 3.59. The van der Waals surface area contributed by atoms with Gasteiger partial charge in [0, 0.05) is 21.5 Å². The largest absolute Gasteiger partial charge is 0.513 e. The van der Waals surface area contributed by atoms with Crippen molar-refractivity contribution >= 4 is 33.9 Å². The van der Waals surface area contributed by atoms with Crippen LogP contribution in [-0.4, -0.2) is 26.5 Å². The zero-order valence-corrected chi connectivity index (χ0v) is 13.4. The molecule has 0 aliphatic heterocycles. The molecule has 0 aliphatic rings. The van der Waals surface area contributed by atoms with Crippen LogP contribution >= 0.6 is 0 Å². The van der Waals surface area contributed by atoms with Crippen LogP contribution in [0.1, 0.15) is 0 Å². The summed E-state index contributed by atoms with van der Waals surface area (Å²) in [6.45, 7) is 0. The van der Waals surface area contributed by atoms with Crippen LogP contribution in [0.3, 0.4) is 0 Å². The SMILES string of the molecule is COC(=O)Oc1c2ccccc2c(OC(=O)OC)c2cc(F)ccc12. The Morgan fingerprint density at radius 2 is 1.24 bits per heavy atom. The van der Waals surface area contributed by atoms with Crippen molar-refractivity contribution < 1.29 is 32.9 Å². The van der Waals surface area contributed by atoms with Gasteiger partial charge in [0.1, 0.15) is 11.6 Å². The van der Waals surface area contributed by atoms with Gasteiger partial charge in [-0.25, -0.2) is 14.0 Å². The number of rotatable bonds is 2. The van der Waals surface area contributed by atoms with Gasteiger partial charge in [0.05, 0.1) is 14.2 Å². The molecule has 0 spiro atoms. The lowest BCUT2D eigenvalue weighted by atomic mass is 10.0. The Balaban J connectivity index is 2.40. The molecule has 128 valence electrons. The average molecular weight is 344 g/mol. The van der Waals surface area contributed by atoms with Crippen molar-refractivity contribution in [1.29, 1.82) is 0 Å². The Morgan fingerprint density at radius 1 is 0.760 bits per heavy atom. The summed E-state index contributed by atoms with van der Waals surface area (Å²) in [5.41, 5.74) is 0. The smallest absolute Gasteiger partial charge is 0.437 e. The molecule has 0 amide bonds. The molecule has 3 aromatic carbocycles. The normalized spacial score (nSPS) is 10.5. The maximum absolute atomic E-state index is 13.8. The number of hydrogen-bond acceptors (Lipinski definition) is 6. The van der Waals surface area contributed by atoms with Crippen molar-refractivity contribution in [2.75, 3.05) is 14.2 Å². The predicted molar refractivity (Wildman–Crippen MR) is 87.5 cm³/mol. The quantitative estimate of drug-likeness (QED) is 0.389. The third kappa shape index (κ3) is 3.03. The van der Waals surface area contributed by atoms with Crippen molar-refractivity contribution in [2.24, 2.45) is 0 Å². The van der Waals surface area contributed by atoms with E-state index in [-0.39, 0.29) is 16.9 Å². The third-order valence-electron chi connectivity index (χ3n) is 3.59. The van der Waals surface area contributed by atoms with Gasteiger partial charge in [0.15, 0.2) is 5.75 Å². The minimum atomic E-state index is -0.947. The Bertz CT molecular complexity index is 982. The minimum Gasteiger partial charge on any atom is -0.437 e. The highest BCUT2D eigenvalue weighted by atomic mass is 19.1. The fourth-order valence-electron chi connectivity index (χ4n) is 2.54. The van der Waals surface area contributed by atoms with E-state index in [0.717, 1.165) is 0 Å². The van der Waals surface area contributed by atoms with E-state index in [1.807, 2.05) is 0 Å². The first kappa shape index (κ1) is 16.5. The van der Waals surface area contributed by atoms with E-state index in [9.17, 15) is 14.0 Å². The molecule has 0 aliphatic carbocycles. The van der Waals surface area contributed by atoms with Gasteiger partial charge in [-0.2, -0.15) is 0 Å². The van der Waals surface area contributed by atoms with E-state index in [4.69, 9.17) is 9.47 Å². The highest BCUT2D eigenvalue weighted by molar-refractivity contribution is 6.12. The van der Waals surface area contributed by atoms with Gasteiger partial charge in [-0.05, 0) is 18.2 Å². The number of fused-ring (bicyclic) bond motifs is 2. The molecular weight excluding hydrogens is 331 g/mol. The summed E-state index contributed by atoms with van der Waals surface area (Å²) >= 11 is 0. The summed E-state index contributed by atoms with van der Waals surface area (Å²) in [4.78, 5) is 23.2. The van der Waals surface area contributed by atoms with Crippen LogP contribution in [-0.2, 0) is 9.47 Å². The van der Waals surface area contributed by atoms with Crippen LogP contribution in [0.15, 0.2) is 42.5 Å². The van der Waals surface area contributed by atoms with Gasteiger partial charge < -0.3 is 18.9 Å². The highest BCUT2D eigenvalue weighted by Crippen LogP contribution is 2.43. The number of hydrogen-bond donors (Lipinski definition) is 0. The van der Waals surface area contributed by atoms with Crippen LogP contribution in [0, 0.1) is 5.82 Å². The first-order chi connectivity index (χ1) is 12.0. The fraction of sp³-hybridized carbons (Fsp3) is 0.111. The summed E-state index contributed by atoms with van der Waals surface area (Å²) in [6.07, 6.45) is -1.87. The zero-order chi connectivity index (χ0) is 18.0. The van der Waals surface area contributed by atoms with Crippen LogP contribution in [0.5, 0.6) is 11.5 Å². The highest BCUT2D eigenvalue weighted by Gasteiger charge is 2.20. The molecule has 0 N–H and O–H groups in total. The number of methoxy groups -OCH3 is 2. The van der Waals surface area contributed by atoms with E-state index in [1.165, 1.54) is 32.4 Å². The van der Waals surface area contributed by atoms with Crippen LogP contribution in [0.25, 0.3) is 21.5 Å². The molecular formula is C18H13FO6. The number of carbonyl (C=O) groups excluding carboxylic acids is 2. The molecule has 0 atom stereocenters. The zero-order valence-electron chi connectivity index (χ0n) is 13.4. The van der Waals surface area contributed by atoms with Crippen LogP contribution in [0.4, 0.5) is 14.0 Å². The maximum atomic E-state index is 13.8. The Hall–Kier alpha value is -3.35. The first-order valence-corrected chi connectivity index (χ1v) is 7.20. The van der Waals surface area contributed by atoms with Gasteiger partial charge in [-0.1, -0.05) is 24.3 Å². The maximum Gasteiger partial charge on any atom is 0.513 e. The van der Waals surface area contributed by atoms with Crippen molar-refractivity contribution in [3.05, 3.63) is 48.3 Å². The predicted octanol–water partition coefficient (Wildman–Crippen LogP) is 4.42. The van der Waals surface area contributed by atoms with Crippen molar-refractivity contribution in [3.63, 3.8) is 0 Å². The molecule has 0 fully saturated rings. The second kappa shape index (κ2) is 6.64. The Kier molecular flexibility index (Phi) is 4.38. The van der Waals surface area contributed by atoms with E-state index in [0.29, 0.717) is 16.2 Å². The topological polar surface area (TPSA) is 71.1 Å². The number of carbonyl (C=O) groups is 2. The van der Waals surface area contributed by atoms with Crippen LogP contribution < -0.4 is 9.47 Å². The van der Waals surface area contributed by atoms with Gasteiger partial charge >= 0.3 is 12.3 Å². The molecule has 0 saturated heterocycles. The summed E-state index contributed by atoms with van der Waals surface area (Å²) in [7, 11) is 2.35. The fourth-order valence-corrected chi connectivity index (χ4v) is 2.54. The summed E-state index contributed by atoms with van der Waals surface area (Å²) < 4.78 is 33.4. The van der Waals surface area contributed by atoms with Crippen molar-refractivity contribution in [3.8, 4) is 11.5 Å². The Labute approximate surface area is 141 Å². The van der Waals surface area contributed by atoms with Crippen molar-refractivity contribution in [1.82, 2.24) is 0 Å². The summed E-state index contributed by atoms with van der Waals surface area (Å²) in [5.74, 6) is -0.259. The van der Waals surface area contributed by atoms with E-state index >= 15 is 0 Å². The average Bonchev–Trinajstić information content (AvgIpc) is 2.63. The molecule has 0 aromatic heterocycles. The molecule has 3 rings (SSSR count). The monoisotopic (exact) mass is 344 g/mol. The number of ether oxygens (including phenoxy) is 4. The lowest BCUT2D eigenvalue weighted by molar-refractivity contribution is 0.120. The summed E-state index contributed by atoms with van der Waals surface area (Å²) in [5, 5.41) is 1.57. The number of halogens is 1. The standard InChI is InChI=1S/C18H13FO6/c1-22-17(20)24-15-11-5-3-4-6-12(11)16(25-18(21)23-2)14-9-10(19)7-8-13(14)15/h3-9H,1-2H3. The Morgan fingerprint density at radius 3 is 1.76 bits per heavy atom. The molecule has 6 nitrogen and oxygen atoms in total. The summed E-state index contributed by atoms with van der Waals surface area (Å²) in [6, 6.07) is 10.6. The molecule has 3 aromatic rings. The molecule has 25 heavy (non-hydrogen) atoms. The van der Waals surface area contributed by atoms with Gasteiger partial charge in [-0.3, -0.25) is 0 Å². The lowest BCUT2D eigenvalue weighted by Gasteiger charge is -2.15. The first-order valence-electron chi connectivity index (χ1n) is 7.20. The number of benzene rings is 3. The molecule has 0 heterocycles. The molecule has 0 saturated carbocycles. The second-order valence-corrected chi connectivity index (χ2v) is 5.01. The van der Waals surface area contributed by atoms with Gasteiger partial charge in [0.25, 0.3) is 0 Å². The lowest BCUT2D eigenvalue weighted by Crippen LogP contribution is -2.10. The van der Waals surface area contributed by atoms with E-state index in [1.54, 1.807) is 24.3 Å². The molecule has 7 heteroatoms. The minimum absolute atomic E-state index is 0.106. The van der Waals surface area contributed by atoms with E-state index < -0.39 is 18.1 Å². The molecule has 0 bridgehead atoms. The van der Waals surface area contributed by atoms with Gasteiger partial charge in [-0.15, -0.1) is 0 Å². The van der Waals surface area contributed by atoms with Crippen molar-refractivity contribution in [2.45, 2.75) is 0 Å². The molecule has 0 radical (unpaired) electrons. The van der Waals surface area contributed by atoms with E-state index in [2.05, 4.69) is 9.47 Å².